The SMILES string of the molecule is CC(N[C@@H]1CCCN(C(=O)OC(C)(C)C)C1)c1ccc[nH]1. The highest BCUT2D eigenvalue weighted by molar-refractivity contribution is 5.68. The van der Waals surface area contributed by atoms with E-state index in [1.54, 1.807) is 0 Å². The molecule has 1 fully saturated rings. The number of nitrogens with one attached hydrogen (secondary N) is 2. The third kappa shape index (κ3) is 4.77. The van der Waals surface area contributed by atoms with Gasteiger partial charge in [-0.15, -0.1) is 0 Å². The molecule has 0 aliphatic carbocycles. The van der Waals surface area contributed by atoms with Crippen LogP contribution in [-0.2, 0) is 4.74 Å². The minimum atomic E-state index is -0.436. The molecule has 2 heterocycles. The molecule has 0 bridgehead atoms. The van der Waals surface area contributed by atoms with Gasteiger partial charge in [0.05, 0.1) is 0 Å². The van der Waals surface area contributed by atoms with E-state index in [1.165, 1.54) is 5.69 Å². The highest BCUT2D eigenvalue weighted by Gasteiger charge is 2.28. The molecule has 1 unspecified atom stereocenters. The molecule has 5 heteroatoms. The molecule has 2 atom stereocenters. The number of carbonyl (C=O) groups excluding carboxylic acids is 1. The predicted octanol–water partition coefficient (Wildman–Crippen LogP) is 3.06. The molecule has 1 saturated heterocycles. The van der Waals surface area contributed by atoms with E-state index in [2.05, 4.69) is 23.3 Å². The van der Waals surface area contributed by atoms with Crippen molar-refractivity contribution >= 4 is 6.09 Å². The number of amides is 1. The zero-order valence-electron chi connectivity index (χ0n) is 13.5. The molecule has 1 amide bonds. The minimum absolute atomic E-state index is 0.207. The van der Waals surface area contributed by atoms with E-state index < -0.39 is 5.60 Å². The summed E-state index contributed by atoms with van der Waals surface area (Å²) in [5.74, 6) is 0. The first-order chi connectivity index (χ1) is 9.85. The van der Waals surface area contributed by atoms with Crippen LogP contribution >= 0.6 is 0 Å². The van der Waals surface area contributed by atoms with Crippen LogP contribution in [0.15, 0.2) is 18.3 Å². The fraction of sp³-hybridized carbons (Fsp3) is 0.688. The molecule has 2 rings (SSSR count). The Bertz CT molecular complexity index is 451. The summed E-state index contributed by atoms with van der Waals surface area (Å²) in [5, 5.41) is 3.59. The maximum absolute atomic E-state index is 12.1. The van der Waals surface area contributed by atoms with Crippen molar-refractivity contribution in [2.45, 2.75) is 58.2 Å². The Balaban J connectivity index is 1.87. The van der Waals surface area contributed by atoms with Crippen molar-refractivity contribution in [3.05, 3.63) is 24.0 Å². The van der Waals surface area contributed by atoms with Crippen molar-refractivity contribution < 1.29 is 9.53 Å². The second kappa shape index (κ2) is 6.52. The van der Waals surface area contributed by atoms with Crippen LogP contribution in [0, 0.1) is 0 Å². The zero-order valence-corrected chi connectivity index (χ0v) is 13.5. The second-order valence-corrected chi connectivity index (χ2v) is 6.78. The van der Waals surface area contributed by atoms with Crippen molar-refractivity contribution in [1.82, 2.24) is 15.2 Å². The highest BCUT2D eigenvalue weighted by atomic mass is 16.6. The number of hydrogen-bond donors (Lipinski definition) is 2. The van der Waals surface area contributed by atoms with Crippen LogP contribution in [0.5, 0.6) is 0 Å². The third-order valence-corrected chi connectivity index (χ3v) is 3.65. The van der Waals surface area contributed by atoms with Crippen molar-refractivity contribution in [1.29, 1.82) is 0 Å². The Morgan fingerprint density at radius 1 is 1.52 bits per heavy atom. The van der Waals surface area contributed by atoms with E-state index in [4.69, 9.17) is 4.74 Å². The molecule has 1 aromatic heterocycles. The van der Waals surface area contributed by atoms with Crippen LogP contribution in [0.2, 0.25) is 0 Å². The average Bonchev–Trinajstić information content (AvgIpc) is 2.91. The molecule has 1 aliphatic heterocycles. The van der Waals surface area contributed by atoms with Gasteiger partial charge >= 0.3 is 6.09 Å². The molecule has 0 radical (unpaired) electrons. The molecule has 0 aromatic carbocycles. The van der Waals surface area contributed by atoms with Crippen LogP contribution in [0.4, 0.5) is 4.79 Å². The van der Waals surface area contributed by atoms with Gasteiger partial charge in [-0.1, -0.05) is 0 Å². The first-order valence-electron chi connectivity index (χ1n) is 7.72. The second-order valence-electron chi connectivity index (χ2n) is 6.78. The van der Waals surface area contributed by atoms with E-state index in [9.17, 15) is 4.79 Å². The van der Waals surface area contributed by atoms with Gasteiger partial charge in [0.25, 0.3) is 0 Å². The maximum atomic E-state index is 12.1. The maximum Gasteiger partial charge on any atom is 0.410 e. The molecule has 0 spiro atoms. The topological polar surface area (TPSA) is 57.4 Å². The van der Waals surface area contributed by atoms with Crippen LogP contribution in [-0.4, -0.2) is 40.7 Å². The number of likely N-dealkylation sites (tertiary alicyclic amines) is 1. The normalized spacial score (nSPS) is 21.1. The Kier molecular flexibility index (Phi) is 4.93. The zero-order chi connectivity index (χ0) is 15.5. The lowest BCUT2D eigenvalue weighted by Crippen LogP contribution is -2.49. The van der Waals surface area contributed by atoms with Crippen LogP contribution in [0.1, 0.15) is 52.3 Å². The lowest BCUT2D eigenvalue weighted by atomic mass is 10.0. The van der Waals surface area contributed by atoms with Gasteiger partial charge in [-0.3, -0.25) is 0 Å². The Hall–Kier alpha value is -1.49. The van der Waals surface area contributed by atoms with E-state index in [-0.39, 0.29) is 12.1 Å². The van der Waals surface area contributed by atoms with Gasteiger partial charge < -0.3 is 19.9 Å². The Labute approximate surface area is 127 Å². The Morgan fingerprint density at radius 2 is 2.29 bits per heavy atom. The number of aromatic nitrogens is 1. The van der Waals surface area contributed by atoms with Gasteiger partial charge in [0.1, 0.15) is 5.60 Å². The summed E-state index contributed by atoms with van der Waals surface area (Å²) >= 11 is 0. The van der Waals surface area contributed by atoms with Crippen molar-refractivity contribution in [2.75, 3.05) is 13.1 Å². The molecule has 118 valence electrons. The van der Waals surface area contributed by atoms with Gasteiger partial charge in [-0.05, 0) is 52.7 Å². The summed E-state index contributed by atoms with van der Waals surface area (Å²) in [6, 6.07) is 4.64. The summed E-state index contributed by atoms with van der Waals surface area (Å²) in [4.78, 5) is 17.2. The smallest absolute Gasteiger partial charge is 0.410 e. The molecular formula is C16H27N3O2. The van der Waals surface area contributed by atoms with Crippen molar-refractivity contribution in [3.63, 3.8) is 0 Å². The van der Waals surface area contributed by atoms with Gasteiger partial charge in [0.2, 0.25) is 0 Å². The quantitative estimate of drug-likeness (QED) is 0.900. The predicted molar refractivity (Wildman–Crippen MR) is 83.2 cm³/mol. The molecule has 0 saturated carbocycles. The van der Waals surface area contributed by atoms with Crippen LogP contribution in [0.25, 0.3) is 0 Å². The van der Waals surface area contributed by atoms with E-state index >= 15 is 0 Å². The number of rotatable bonds is 3. The van der Waals surface area contributed by atoms with Gasteiger partial charge in [0.15, 0.2) is 0 Å². The third-order valence-electron chi connectivity index (χ3n) is 3.65. The summed E-state index contributed by atoms with van der Waals surface area (Å²) in [6.45, 7) is 9.33. The van der Waals surface area contributed by atoms with E-state index in [0.29, 0.717) is 12.6 Å². The lowest BCUT2D eigenvalue weighted by Gasteiger charge is -2.35. The largest absolute Gasteiger partial charge is 0.444 e. The monoisotopic (exact) mass is 293 g/mol. The van der Waals surface area contributed by atoms with Gasteiger partial charge in [-0.25, -0.2) is 4.79 Å². The summed E-state index contributed by atoms with van der Waals surface area (Å²) in [7, 11) is 0. The molecule has 1 aliphatic rings. The first kappa shape index (κ1) is 15.9. The summed E-state index contributed by atoms with van der Waals surface area (Å²) < 4.78 is 5.46. The van der Waals surface area contributed by atoms with Crippen LogP contribution in [0.3, 0.4) is 0 Å². The first-order valence-corrected chi connectivity index (χ1v) is 7.72. The fourth-order valence-electron chi connectivity index (χ4n) is 2.66. The molecule has 1 aromatic rings. The lowest BCUT2D eigenvalue weighted by molar-refractivity contribution is 0.0184. The van der Waals surface area contributed by atoms with E-state index in [1.807, 2.05) is 37.9 Å². The summed E-state index contributed by atoms with van der Waals surface area (Å²) in [5.41, 5.74) is 0.735. The van der Waals surface area contributed by atoms with Crippen molar-refractivity contribution in [2.24, 2.45) is 0 Å². The molecule has 5 nitrogen and oxygen atoms in total. The van der Waals surface area contributed by atoms with Gasteiger partial charge in [0, 0.05) is 37.1 Å². The van der Waals surface area contributed by atoms with Crippen molar-refractivity contribution in [3.8, 4) is 0 Å². The number of nitrogens with zero attached hydrogens (tertiary/aromatic N) is 1. The van der Waals surface area contributed by atoms with Gasteiger partial charge in [-0.2, -0.15) is 0 Å². The summed E-state index contributed by atoms with van der Waals surface area (Å²) in [6.07, 6.45) is 3.82. The number of hydrogen-bond acceptors (Lipinski definition) is 3. The Morgan fingerprint density at radius 3 is 2.90 bits per heavy atom. The number of ether oxygens (including phenoxy) is 1. The minimum Gasteiger partial charge on any atom is -0.444 e. The molecular weight excluding hydrogens is 266 g/mol. The number of carbonyl (C=O) groups is 1. The highest BCUT2D eigenvalue weighted by Crippen LogP contribution is 2.18. The number of piperidine rings is 1. The number of aromatic amines is 1. The van der Waals surface area contributed by atoms with Crippen LogP contribution < -0.4 is 5.32 Å². The van der Waals surface area contributed by atoms with E-state index in [0.717, 1.165) is 19.4 Å². The number of H-pyrrole nitrogens is 1. The fourth-order valence-corrected chi connectivity index (χ4v) is 2.66. The molecule has 2 N–H and O–H groups in total. The molecule has 21 heavy (non-hydrogen) atoms. The standard InChI is InChI=1S/C16H27N3O2/c1-12(14-8-5-9-17-14)18-13-7-6-10-19(11-13)15(20)21-16(2,3)4/h5,8-9,12-13,17-18H,6-7,10-11H2,1-4H3/t12?,13-/m1/s1. The average molecular weight is 293 g/mol.